The molecule has 2 aromatic heterocycles. The first-order valence-corrected chi connectivity index (χ1v) is 9.81. The van der Waals surface area contributed by atoms with Gasteiger partial charge in [0.1, 0.15) is 5.69 Å². The number of hydrogen-bond acceptors (Lipinski definition) is 7. The lowest BCUT2D eigenvalue weighted by molar-refractivity contribution is 0.0951. The minimum Gasteiger partial charge on any atom is -0.505 e. The Balaban J connectivity index is 1.85. The zero-order valence-electron chi connectivity index (χ0n) is 17.1. The fourth-order valence-electron chi connectivity index (χ4n) is 3.08. The van der Waals surface area contributed by atoms with Gasteiger partial charge in [0.25, 0.3) is 17.5 Å². The molecule has 32 heavy (non-hydrogen) atoms. The molecule has 0 saturated heterocycles. The number of aromatic nitrogens is 4. The summed E-state index contributed by atoms with van der Waals surface area (Å²) < 4.78 is 1.29. The fourth-order valence-corrected chi connectivity index (χ4v) is 3.08. The first-order chi connectivity index (χ1) is 15.6. The Hall–Kier alpha value is -4.65. The highest BCUT2D eigenvalue weighted by Crippen LogP contribution is 2.40. The van der Waals surface area contributed by atoms with Gasteiger partial charge in [-0.05, 0) is 23.9 Å². The second-order valence-electron chi connectivity index (χ2n) is 6.72. The van der Waals surface area contributed by atoms with Crippen molar-refractivity contribution in [3.8, 4) is 11.7 Å². The predicted octanol–water partition coefficient (Wildman–Crippen LogP) is 4.63. The summed E-state index contributed by atoms with van der Waals surface area (Å²) in [5.41, 5.74) is 0.348. The van der Waals surface area contributed by atoms with Gasteiger partial charge >= 0.3 is 0 Å². The van der Waals surface area contributed by atoms with Crippen LogP contribution in [-0.4, -0.2) is 37.3 Å². The highest BCUT2D eigenvalue weighted by molar-refractivity contribution is 6.06. The molecule has 0 radical (unpaired) electrons. The van der Waals surface area contributed by atoms with Crippen molar-refractivity contribution in [1.29, 1.82) is 0 Å². The van der Waals surface area contributed by atoms with Gasteiger partial charge in [-0.3, -0.25) is 4.79 Å². The second-order valence-corrected chi connectivity index (χ2v) is 6.72. The van der Waals surface area contributed by atoms with Crippen LogP contribution < -0.4 is 5.32 Å². The number of carbonyl (C=O) groups excluding carboxylic acids is 1. The van der Waals surface area contributed by atoms with Crippen molar-refractivity contribution in [1.82, 2.24) is 25.1 Å². The summed E-state index contributed by atoms with van der Waals surface area (Å²) in [6.07, 6.45) is 5.18. The molecular formula is C22H18N8O2. The van der Waals surface area contributed by atoms with Crippen LogP contribution in [0.3, 0.4) is 0 Å². The fraction of sp³-hybridized carbons (Fsp3) is 0.136. The molecule has 0 saturated carbocycles. The summed E-state index contributed by atoms with van der Waals surface area (Å²) in [6, 6.07) is 10.5. The molecule has 4 aromatic rings. The Morgan fingerprint density at radius 3 is 2.75 bits per heavy atom. The van der Waals surface area contributed by atoms with Crippen LogP contribution >= 0.6 is 0 Å². The van der Waals surface area contributed by atoms with Gasteiger partial charge in [0, 0.05) is 24.3 Å². The van der Waals surface area contributed by atoms with Crippen LogP contribution in [0.2, 0.25) is 0 Å². The number of aromatic hydroxyl groups is 1. The number of carbonyl (C=O) groups is 1. The highest BCUT2D eigenvalue weighted by Gasteiger charge is 2.19. The smallest absolute Gasteiger partial charge is 0.255 e. The maximum absolute atomic E-state index is 12.6. The number of phenols is 1. The third kappa shape index (κ3) is 3.87. The molecule has 0 bridgehead atoms. The van der Waals surface area contributed by atoms with E-state index in [1.165, 1.54) is 10.9 Å². The van der Waals surface area contributed by atoms with Crippen molar-refractivity contribution < 1.29 is 9.90 Å². The lowest BCUT2D eigenvalue weighted by Crippen LogP contribution is -2.24. The topological polar surface area (TPSA) is 122 Å². The van der Waals surface area contributed by atoms with Gasteiger partial charge < -0.3 is 10.4 Å². The predicted molar refractivity (Wildman–Crippen MR) is 118 cm³/mol. The quantitative estimate of drug-likeness (QED) is 0.344. The van der Waals surface area contributed by atoms with Crippen LogP contribution in [0.1, 0.15) is 23.7 Å². The summed E-state index contributed by atoms with van der Waals surface area (Å²) >= 11 is 0. The second kappa shape index (κ2) is 9.01. The van der Waals surface area contributed by atoms with E-state index >= 15 is 0 Å². The van der Waals surface area contributed by atoms with Crippen LogP contribution in [0.25, 0.3) is 21.6 Å². The van der Waals surface area contributed by atoms with E-state index in [1.54, 1.807) is 36.7 Å². The standard InChI is InChI=1S/C22H18N8O2/c1-3-9-24-21(32)16-12-14-7-4-5-8-15(14)18(19(16)31)28-29-20-17(23-2)13-27-30(20)22-25-10-6-11-26-22/h4-8,10-13,31H,3,9H2,1H3,(H,24,32). The monoisotopic (exact) mass is 426 g/mol. The maximum atomic E-state index is 12.6. The normalized spacial score (nSPS) is 11.0. The summed E-state index contributed by atoms with van der Waals surface area (Å²) in [5, 5.41) is 27.5. The van der Waals surface area contributed by atoms with Crippen LogP contribution in [0.15, 0.2) is 65.2 Å². The van der Waals surface area contributed by atoms with Gasteiger partial charge in [-0.2, -0.15) is 9.78 Å². The lowest BCUT2D eigenvalue weighted by atomic mass is 10.0. The molecule has 2 heterocycles. The largest absolute Gasteiger partial charge is 0.505 e. The summed E-state index contributed by atoms with van der Waals surface area (Å²) in [4.78, 5) is 24.3. The molecule has 0 unspecified atom stereocenters. The average molecular weight is 426 g/mol. The molecule has 1 amide bonds. The number of azo groups is 1. The Morgan fingerprint density at radius 2 is 2.00 bits per heavy atom. The first kappa shape index (κ1) is 20.6. The van der Waals surface area contributed by atoms with E-state index in [9.17, 15) is 9.90 Å². The minimum absolute atomic E-state index is 0.0939. The zero-order chi connectivity index (χ0) is 22.5. The molecule has 0 aliphatic carbocycles. The third-order valence-corrected chi connectivity index (χ3v) is 4.61. The Kier molecular flexibility index (Phi) is 5.81. The van der Waals surface area contributed by atoms with Gasteiger partial charge in [0.2, 0.25) is 0 Å². The Morgan fingerprint density at radius 1 is 1.22 bits per heavy atom. The Labute approximate surface area is 183 Å². The number of nitrogens with one attached hydrogen (secondary N) is 1. The summed E-state index contributed by atoms with van der Waals surface area (Å²) in [6.45, 7) is 9.82. The van der Waals surface area contributed by atoms with Gasteiger partial charge in [-0.15, -0.1) is 10.2 Å². The third-order valence-electron chi connectivity index (χ3n) is 4.61. The first-order valence-electron chi connectivity index (χ1n) is 9.81. The number of amides is 1. The molecule has 0 fully saturated rings. The van der Waals surface area contributed by atoms with Crippen LogP contribution in [0.5, 0.6) is 5.75 Å². The van der Waals surface area contributed by atoms with Gasteiger partial charge in [-0.25, -0.2) is 14.8 Å². The molecule has 0 aliphatic rings. The zero-order valence-corrected chi connectivity index (χ0v) is 17.1. The van der Waals surface area contributed by atoms with Crippen molar-refractivity contribution in [2.45, 2.75) is 13.3 Å². The van der Waals surface area contributed by atoms with Crippen molar-refractivity contribution in [2.75, 3.05) is 6.54 Å². The molecular weight excluding hydrogens is 408 g/mol. The van der Waals surface area contributed by atoms with Crippen LogP contribution in [0.4, 0.5) is 17.2 Å². The maximum Gasteiger partial charge on any atom is 0.255 e. The lowest BCUT2D eigenvalue weighted by Gasteiger charge is -2.10. The van der Waals surface area contributed by atoms with E-state index in [0.29, 0.717) is 17.3 Å². The van der Waals surface area contributed by atoms with Crippen LogP contribution in [0, 0.1) is 6.57 Å². The molecule has 2 N–H and O–H groups in total. The molecule has 0 spiro atoms. The van der Waals surface area contributed by atoms with Crippen molar-refractivity contribution in [3.63, 3.8) is 0 Å². The van der Waals surface area contributed by atoms with Gasteiger partial charge in [-0.1, -0.05) is 31.2 Å². The van der Waals surface area contributed by atoms with E-state index < -0.39 is 5.91 Å². The minimum atomic E-state index is -0.406. The molecule has 4 rings (SSSR count). The van der Waals surface area contributed by atoms with Crippen molar-refractivity contribution in [3.05, 3.63) is 72.0 Å². The van der Waals surface area contributed by atoms with Crippen molar-refractivity contribution >= 4 is 33.9 Å². The number of benzene rings is 2. The Bertz CT molecular complexity index is 1360. The number of rotatable bonds is 6. The van der Waals surface area contributed by atoms with Gasteiger partial charge in [0.15, 0.2) is 11.6 Å². The molecule has 10 heteroatoms. The molecule has 0 aliphatic heterocycles. The van der Waals surface area contributed by atoms with E-state index in [0.717, 1.165) is 6.42 Å². The summed E-state index contributed by atoms with van der Waals surface area (Å²) in [7, 11) is 0. The van der Waals surface area contributed by atoms with E-state index in [4.69, 9.17) is 6.57 Å². The molecule has 10 nitrogen and oxygen atoms in total. The van der Waals surface area contributed by atoms with Crippen LogP contribution in [-0.2, 0) is 0 Å². The molecule has 158 valence electrons. The number of nitrogens with zero attached hydrogens (tertiary/aromatic N) is 7. The number of fused-ring (bicyclic) bond motifs is 1. The van der Waals surface area contributed by atoms with E-state index in [1.807, 2.05) is 19.1 Å². The summed E-state index contributed by atoms with van der Waals surface area (Å²) in [5.74, 6) is -0.378. The van der Waals surface area contributed by atoms with Crippen molar-refractivity contribution in [2.24, 2.45) is 10.2 Å². The SMILES string of the molecule is [C-]#[N+]c1cnn(-c2ncccn2)c1N=Nc1c(O)c(C(=O)NCCC)cc2ccccc12. The number of hydrogen-bond donors (Lipinski definition) is 2. The molecule has 0 atom stereocenters. The van der Waals surface area contributed by atoms with E-state index in [2.05, 4.69) is 35.5 Å². The van der Waals surface area contributed by atoms with Gasteiger partial charge in [0.05, 0.1) is 18.3 Å². The number of phenolic OH excluding ortho intramolecular Hbond substituents is 1. The molecule has 2 aromatic carbocycles. The highest BCUT2D eigenvalue weighted by atomic mass is 16.3. The van der Waals surface area contributed by atoms with E-state index in [-0.39, 0.29) is 34.5 Å². The average Bonchev–Trinajstić information content (AvgIpc) is 3.25.